The number of carbonyl (C=O) groups excluding carboxylic acids is 1. The summed E-state index contributed by atoms with van der Waals surface area (Å²) in [4.78, 5) is 22.2. The third-order valence-electron chi connectivity index (χ3n) is 2.18. The second-order valence-corrected chi connectivity index (χ2v) is 5.93. The first-order valence-corrected chi connectivity index (χ1v) is 7.87. The van der Waals surface area contributed by atoms with Crippen molar-refractivity contribution in [2.75, 3.05) is 19.3 Å². The summed E-state index contributed by atoms with van der Waals surface area (Å²) in [6.07, 6.45) is 2.48. The van der Waals surface area contributed by atoms with Gasteiger partial charge in [0.05, 0.1) is 6.26 Å². The molecule has 1 atom stereocenters. The van der Waals surface area contributed by atoms with Crippen molar-refractivity contribution in [1.82, 2.24) is 15.4 Å². The summed E-state index contributed by atoms with van der Waals surface area (Å²) in [6, 6.07) is -1.47. The Morgan fingerprint density at radius 2 is 1.89 bits per heavy atom. The Balaban J connectivity index is 3.83. The monoisotopic (exact) mass is 295 g/mol. The van der Waals surface area contributed by atoms with Crippen LogP contribution in [0.5, 0.6) is 0 Å². The summed E-state index contributed by atoms with van der Waals surface area (Å²) in [5.41, 5.74) is 0. The quantitative estimate of drug-likeness (QED) is 0.426. The Labute approximate surface area is 113 Å². The smallest absolute Gasteiger partial charge is 0.326 e. The molecule has 0 aromatic carbocycles. The van der Waals surface area contributed by atoms with Gasteiger partial charge in [0.1, 0.15) is 6.04 Å². The first kappa shape index (κ1) is 17.6. The van der Waals surface area contributed by atoms with Gasteiger partial charge < -0.3 is 15.7 Å². The molecule has 0 fully saturated rings. The van der Waals surface area contributed by atoms with Crippen LogP contribution in [0.25, 0.3) is 0 Å². The molecule has 19 heavy (non-hydrogen) atoms. The van der Waals surface area contributed by atoms with Crippen molar-refractivity contribution < 1.29 is 23.1 Å². The second-order valence-electron chi connectivity index (χ2n) is 4.10. The van der Waals surface area contributed by atoms with E-state index in [-0.39, 0.29) is 13.1 Å². The van der Waals surface area contributed by atoms with Gasteiger partial charge in [-0.3, -0.25) is 0 Å². The van der Waals surface area contributed by atoms with Crippen LogP contribution < -0.4 is 15.4 Å². The predicted octanol–water partition coefficient (Wildman–Crippen LogP) is -0.522. The van der Waals surface area contributed by atoms with Gasteiger partial charge in [0.2, 0.25) is 10.0 Å². The molecule has 8 nitrogen and oxygen atoms in total. The number of hydrogen-bond acceptors (Lipinski definition) is 4. The van der Waals surface area contributed by atoms with Crippen molar-refractivity contribution in [2.24, 2.45) is 0 Å². The van der Waals surface area contributed by atoms with Crippen LogP contribution in [0.4, 0.5) is 4.79 Å². The largest absolute Gasteiger partial charge is 0.480 e. The highest BCUT2D eigenvalue weighted by atomic mass is 32.2. The molecular weight excluding hydrogens is 274 g/mol. The number of carbonyl (C=O) groups is 2. The van der Waals surface area contributed by atoms with E-state index in [9.17, 15) is 18.0 Å². The number of carboxylic acids is 1. The standard InChI is InChI=1S/C10H21N3O5S/c1-3-5-8(9(14)15)13-10(16)11-6-4-7-12-19(2,17)18/h8,12H,3-7H2,1-2H3,(H,14,15)(H2,11,13,16)/t8-/m1/s1. The van der Waals surface area contributed by atoms with Gasteiger partial charge in [-0.1, -0.05) is 13.3 Å². The van der Waals surface area contributed by atoms with E-state index in [1.54, 1.807) is 0 Å². The SMILES string of the molecule is CCC[C@@H](NC(=O)NCCCNS(C)(=O)=O)C(=O)O. The molecule has 9 heteroatoms. The fraction of sp³-hybridized carbons (Fsp3) is 0.800. The maximum atomic E-state index is 11.4. The molecule has 0 aliphatic carbocycles. The van der Waals surface area contributed by atoms with Crippen molar-refractivity contribution in [3.8, 4) is 0 Å². The fourth-order valence-electron chi connectivity index (χ4n) is 1.30. The Morgan fingerprint density at radius 1 is 1.26 bits per heavy atom. The molecule has 0 bridgehead atoms. The Kier molecular flexibility index (Phi) is 8.08. The van der Waals surface area contributed by atoms with E-state index in [1.165, 1.54) is 0 Å². The molecule has 0 rings (SSSR count). The summed E-state index contributed by atoms with van der Waals surface area (Å²) in [5, 5.41) is 13.6. The molecule has 2 amide bonds. The zero-order valence-corrected chi connectivity index (χ0v) is 11.9. The van der Waals surface area contributed by atoms with Gasteiger partial charge in [-0.15, -0.1) is 0 Å². The molecule has 0 aliphatic rings. The minimum atomic E-state index is -3.22. The van der Waals surface area contributed by atoms with E-state index in [4.69, 9.17) is 5.11 Å². The molecule has 0 aromatic rings. The summed E-state index contributed by atoms with van der Waals surface area (Å²) in [6.45, 7) is 2.30. The van der Waals surface area contributed by atoms with Gasteiger partial charge in [-0.2, -0.15) is 0 Å². The van der Waals surface area contributed by atoms with Gasteiger partial charge in [0.15, 0.2) is 0 Å². The molecular formula is C10H21N3O5S. The third-order valence-corrected chi connectivity index (χ3v) is 2.91. The number of carboxylic acid groups (broad SMARTS) is 1. The van der Waals surface area contributed by atoms with Crippen LogP contribution in [-0.4, -0.2) is 50.9 Å². The average molecular weight is 295 g/mol. The van der Waals surface area contributed by atoms with Gasteiger partial charge in [0, 0.05) is 13.1 Å². The van der Waals surface area contributed by atoms with Crippen molar-refractivity contribution in [3.05, 3.63) is 0 Å². The number of nitrogens with one attached hydrogen (secondary N) is 3. The van der Waals surface area contributed by atoms with Gasteiger partial charge >= 0.3 is 12.0 Å². The molecule has 0 radical (unpaired) electrons. The first-order chi connectivity index (χ1) is 8.76. The van der Waals surface area contributed by atoms with Crippen LogP contribution in [0.1, 0.15) is 26.2 Å². The molecule has 4 N–H and O–H groups in total. The number of aliphatic carboxylic acids is 1. The zero-order valence-electron chi connectivity index (χ0n) is 11.1. The maximum Gasteiger partial charge on any atom is 0.326 e. The Bertz CT molecular complexity index is 396. The van der Waals surface area contributed by atoms with Crippen molar-refractivity contribution in [1.29, 1.82) is 0 Å². The van der Waals surface area contributed by atoms with Crippen LogP contribution in [-0.2, 0) is 14.8 Å². The minimum Gasteiger partial charge on any atom is -0.480 e. The lowest BCUT2D eigenvalue weighted by molar-refractivity contribution is -0.139. The van der Waals surface area contributed by atoms with Crippen LogP contribution in [0.15, 0.2) is 0 Å². The molecule has 0 unspecified atom stereocenters. The van der Waals surface area contributed by atoms with Crippen molar-refractivity contribution in [3.63, 3.8) is 0 Å². The highest BCUT2D eigenvalue weighted by Crippen LogP contribution is 1.96. The third kappa shape index (κ3) is 10.3. The molecule has 0 saturated heterocycles. The van der Waals surface area contributed by atoms with E-state index in [1.807, 2.05) is 6.92 Å². The fourth-order valence-corrected chi connectivity index (χ4v) is 1.82. The number of urea groups is 1. The number of rotatable bonds is 9. The molecule has 112 valence electrons. The van der Waals surface area contributed by atoms with Crippen molar-refractivity contribution in [2.45, 2.75) is 32.2 Å². The van der Waals surface area contributed by atoms with Crippen LogP contribution in [0.2, 0.25) is 0 Å². The predicted molar refractivity (Wildman–Crippen MR) is 70.3 cm³/mol. The van der Waals surface area contributed by atoms with Gasteiger partial charge in [-0.25, -0.2) is 22.7 Å². The topological polar surface area (TPSA) is 125 Å². The highest BCUT2D eigenvalue weighted by Gasteiger charge is 2.18. The zero-order chi connectivity index (χ0) is 14.9. The normalized spacial score (nSPS) is 12.7. The second kappa shape index (κ2) is 8.70. The van der Waals surface area contributed by atoms with Crippen LogP contribution >= 0.6 is 0 Å². The van der Waals surface area contributed by atoms with E-state index in [2.05, 4.69) is 15.4 Å². The highest BCUT2D eigenvalue weighted by molar-refractivity contribution is 7.88. The van der Waals surface area contributed by atoms with Crippen molar-refractivity contribution >= 4 is 22.0 Å². The van der Waals surface area contributed by atoms with E-state index >= 15 is 0 Å². The van der Waals surface area contributed by atoms with E-state index in [0.717, 1.165) is 6.26 Å². The average Bonchev–Trinajstić information content (AvgIpc) is 2.26. The van der Waals surface area contributed by atoms with E-state index < -0.39 is 28.1 Å². The summed E-state index contributed by atoms with van der Waals surface area (Å²) < 4.78 is 23.8. The summed E-state index contributed by atoms with van der Waals surface area (Å²) >= 11 is 0. The van der Waals surface area contributed by atoms with Crippen LogP contribution in [0, 0.1) is 0 Å². The van der Waals surface area contributed by atoms with Gasteiger partial charge in [-0.05, 0) is 12.8 Å². The van der Waals surface area contributed by atoms with Crippen LogP contribution in [0.3, 0.4) is 0 Å². The number of hydrogen-bond donors (Lipinski definition) is 4. The minimum absolute atomic E-state index is 0.219. The lowest BCUT2D eigenvalue weighted by atomic mass is 10.2. The van der Waals surface area contributed by atoms with E-state index in [0.29, 0.717) is 19.3 Å². The lowest BCUT2D eigenvalue weighted by Crippen LogP contribution is -2.46. The maximum absolute atomic E-state index is 11.4. The molecule has 0 aromatic heterocycles. The molecule has 0 heterocycles. The molecule has 0 saturated carbocycles. The lowest BCUT2D eigenvalue weighted by Gasteiger charge is -2.14. The molecule has 0 spiro atoms. The summed E-state index contributed by atoms with van der Waals surface area (Å²) in [5.74, 6) is -1.07. The Morgan fingerprint density at radius 3 is 2.37 bits per heavy atom. The Hall–Kier alpha value is -1.35. The number of amides is 2. The molecule has 0 aliphatic heterocycles. The van der Waals surface area contributed by atoms with Gasteiger partial charge in [0.25, 0.3) is 0 Å². The first-order valence-electron chi connectivity index (χ1n) is 5.98. The number of sulfonamides is 1. The summed E-state index contributed by atoms with van der Waals surface area (Å²) in [7, 11) is -3.22.